The molecule has 4 rings (SSSR count). The number of benzene rings is 4. The monoisotopic (exact) mass is 616 g/mol. The van der Waals surface area contributed by atoms with Crippen molar-refractivity contribution in [3.05, 3.63) is 130 Å². The quantitative estimate of drug-likeness (QED) is 0.106. The molecule has 14 heteroatoms. The van der Waals surface area contributed by atoms with Crippen molar-refractivity contribution in [2.45, 2.75) is 0 Å². The standard InChI is InChI=1S/C18H10O11.C13H10O3/c19-13(20)7-1-3-9(11(5-7)15(23)24)17(27)29-18(28)10-4-2-8(14(21)22)6-12(10)16(25)26;14-12-9-5-4-8-11(12)13(15)16-10-6-2-1-3-7-10/h1-6H,(H,19,20)(H,21,22)(H,23,24)(H,25,26);1-9,14H. The third kappa shape index (κ3) is 8.36. The smallest absolute Gasteiger partial charge is 0.347 e. The molecule has 0 aliphatic rings. The number of aromatic hydroxyl groups is 1. The molecule has 0 aliphatic heterocycles. The Labute approximate surface area is 251 Å². The van der Waals surface area contributed by atoms with E-state index in [4.69, 9.17) is 25.2 Å². The van der Waals surface area contributed by atoms with Crippen LogP contribution in [0, 0.1) is 0 Å². The fourth-order valence-corrected chi connectivity index (χ4v) is 3.56. The summed E-state index contributed by atoms with van der Waals surface area (Å²) in [7, 11) is 0. The van der Waals surface area contributed by atoms with Crippen LogP contribution in [0.4, 0.5) is 0 Å². The fraction of sp³-hybridized carbons (Fsp3) is 0. The van der Waals surface area contributed by atoms with Crippen molar-refractivity contribution >= 4 is 41.8 Å². The third-order valence-electron chi connectivity index (χ3n) is 5.70. The van der Waals surface area contributed by atoms with Gasteiger partial charge in [0.05, 0.1) is 33.4 Å². The molecule has 45 heavy (non-hydrogen) atoms. The van der Waals surface area contributed by atoms with Crippen molar-refractivity contribution < 1.29 is 68.6 Å². The lowest BCUT2D eigenvalue weighted by Crippen LogP contribution is -2.19. The van der Waals surface area contributed by atoms with Crippen molar-refractivity contribution in [2.75, 3.05) is 0 Å². The van der Waals surface area contributed by atoms with Gasteiger partial charge in [-0.3, -0.25) is 0 Å². The Kier molecular flexibility index (Phi) is 10.4. The maximum Gasteiger partial charge on any atom is 0.347 e. The summed E-state index contributed by atoms with van der Waals surface area (Å²) in [5.74, 6) is -9.36. The molecule has 0 unspecified atom stereocenters. The first-order chi connectivity index (χ1) is 21.3. The van der Waals surface area contributed by atoms with E-state index in [0.29, 0.717) is 17.9 Å². The van der Waals surface area contributed by atoms with Gasteiger partial charge in [0, 0.05) is 0 Å². The summed E-state index contributed by atoms with van der Waals surface area (Å²) in [6, 6.07) is 19.9. The summed E-state index contributed by atoms with van der Waals surface area (Å²) in [6.45, 7) is 0. The predicted molar refractivity (Wildman–Crippen MR) is 150 cm³/mol. The van der Waals surface area contributed by atoms with E-state index in [1.165, 1.54) is 12.1 Å². The van der Waals surface area contributed by atoms with E-state index in [2.05, 4.69) is 4.74 Å². The van der Waals surface area contributed by atoms with E-state index < -0.39 is 75.2 Å². The van der Waals surface area contributed by atoms with E-state index in [1.54, 1.807) is 36.4 Å². The van der Waals surface area contributed by atoms with Gasteiger partial charge in [0.15, 0.2) is 0 Å². The summed E-state index contributed by atoms with van der Waals surface area (Å²) in [5, 5.41) is 45.6. The summed E-state index contributed by atoms with van der Waals surface area (Å²) >= 11 is 0. The lowest BCUT2D eigenvalue weighted by Gasteiger charge is -2.09. The van der Waals surface area contributed by atoms with E-state index in [-0.39, 0.29) is 11.3 Å². The number of ether oxygens (including phenoxy) is 2. The lowest BCUT2D eigenvalue weighted by molar-refractivity contribution is 0.0385. The fourth-order valence-electron chi connectivity index (χ4n) is 3.56. The van der Waals surface area contributed by atoms with E-state index in [0.717, 1.165) is 24.3 Å². The van der Waals surface area contributed by atoms with Crippen molar-refractivity contribution in [2.24, 2.45) is 0 Å². The molecule has 0 atom stereocenters. The highest BCUT2D eigenvalue weighted by Crippen LogP contribution is 2.20. The molecule has 228 valence electrons. The molecule has 0 bridgehead atoms. The van der Waals surface area contributed by atoms with E-state index in [1.807, 2.05) is 6.07 Å². The molecule has 0 spiro atoms. The van der Waals surface area contributed by atoms with Gasteiger partial charge in [0.2, 0.25) is 0 Å². The van der Waals surface area contributed by atoms with Gasteiger partial charge in [-0.25, -0.2) is 33.6 Å². The number of hydrogen-bond donors (Lipinski definition) is 5. The normalized spacial score (nSPS) is 9.96. The number of phenolic OH excluding ortho intramolecular Hbond substituents is 1. The van der Waals surface area contributed by atoms with Gasteiger partial charge in [0.1, 0.15) is 17.1 Å². The highest BCUT2D eigenvalue weighted by Gasteiger charge is 2.26. The Morgan fingerprint density at radius 1 is 0.444 bits per heavy atom. The van der Waals surface area contributed by atoms with Crippen LogP contribution >= 0.6 is 0 Å². The summed E-state index contributed by atoms with van der Waals surface area (Å²) in [5.41, 5.74) is -3.48. The molecule has 0 heterocycles. The number of hydrogen-bond acceptors (Lipinski definition) is 10. The number of phenols is 1. The largest absolute Gasteiger partial charge is 0.507 e. The molecule has 4 aromatic carbocycles. The second kappa shape index (κ2) is 14.4. The van der Waals surface area contributed by atoms with Gasteiger partial charge in [-0.15, -0.1) is 0 Å². The SMILES string of the molecule is O=C(O)c1ccc(C(=O)OC(=O)c2ccc(C(=O)O)cc2C(=O)O)c(C(=O)O)c1.O=C(Oc1ccccc1)c1ccccc1O. The maximum atomic E-state index is 12.2. The Morgan fingerprint density at radius 2 is 0.889 bits per heavy atom. The van der Waals surface area contributed by atoms with Crippen LogP contribution in [-0.2, 0) is 4.74 Å². The molecule has 5 N–H and O–H groups in total. The molecule has 0 saturated carbocycles. The average molecular weight is 616 g/mol. The van der Waals surface area contributed by atoms with Crippen molar-refractivity contribution in [3.63, 3.8) is 0 Å². The number of para-hydroxylation sites is 2. The van der Waals surface area contributed by atoms with Crippen LogP contribution in [0.25, 0.3) is 0 Å². The van der Waals surface area contributed by atoms with Gasteiger partial charge < -0.3 is 35.0 Å². The zero-order valence-corrected chi connectivity index (χ0v) is 22.6. The van der Waals surface area contributed by atoms with Crippen LogP contribution in [-0.4, -0.2) is 67.3 Å². The minimum absolute atomic E-state index is 0.0802. The van der Waals surface area contributed by atoms with Gasteiger partial charge in [-0.2, -0.15) is 0 Å². The van der Waals surface area contributed by atoms with Crippen LogP contribution in [0.1, 0.15) is 72.5 Å². The van der Waals surface area contributed by atoms with Crippen LogP contribution in [0.3, 0.4) is 0 Å². The molecule has 4 aromatic rings. The second-order valence-corrected chi connectivity index (χ2v) is 8.64. The molecule has 0 amide bonds. The zero-order chi connectivity index (χ0) is 33.3. The van der Waals surface area contributed by atoms with Gasteiger partial charge in [-0.1, -0.05) is 30.3 Å². The summed E-state index contributed by atoms with van der Waals surface area (Å²) in [4.78, 5) is 80.5. The molecule has 0 aliphatic carbocycles. The Balaban J connectivity index is 0.000000289. The van der Waals surface area contributed by atoms with Crippen molar-refractivity contribution in [3.8, 4) is 11.5 Å². The first kappa shape index (κ1) is 32.7. The Hall–Kier alpha value is -6.83. The molecule has 14 nitrogen and oxygen atoms in total. The minimum Gasteiger partial charge on any atom is -0.507 e. The first-order valence-corrected chi connectivity index (χ1v) is 12.3. The highest BCUT2D eigenvalue weighted by atomic mass is 16.6. The second-order valence-electron chi connectivity index (χ2n) is 8.64. The first-order valence-electron chi connectivity index (χ1n) is 12.3. The number of carboxylic acid groups (broad SMARTS) is 4. The number of esters is 3. The van der Waals surface area contributed by atoms with Gasteiger partial charge in [-0.05, 0) is 60.7 Å². The number of carboxylic acids is 4. The molecule has 0 fully saturated rings. The average Bonchev–Trinajstić information content (AvgIpc) is 3.01. The van der Waals surface area contributed by atoms with Gasteiger partial charge in [0.25, 0.3) is 0 Å². The van der Waals surface area contributed by atoms with Crippen LogP contribution in [0.5, 0.6) is 11.5 Å². The molecule has 0 aromatic heterocycles. The van der Waals surface area contributed by atoms with Crippen LogP contribution in [0.15, 0.2) is 91.0 Å². The molecule has 0 saturated heterocycles. The minimum atomic E-state index is -1.66. The number of carbonyl (C=O) groups excluding carboxylic acids is 3. The van der Waals surface area contributed by atoms with Crippen LogP contribution in [0.2, 0.25) is 0 Å². The highest BCUT2D eigenvalue weighted by molar-refractivity contribution is 6.11. The van der Waals surface area contributed by atoms with E-state index >= 15 is 0 Å². The zero-order valence-electron chi connectivity index (χ0n) is 22.6. The Bertz CT molecular complexity index is 1740. The van der Waals surface area contributed by atoms with Crippen molar-refractivity contribution in [1.29, 1.82) is 0 Å². The maximum absolute atomic E-state index is 12.2. The summed E-state index contributed by atoms with van der Waals surface area (Å²) < 4.78 is 9.59. The lowest BCUT2D eigenvalue weighted by atomic mass is 10.0. The van der Waals surface area contributed by atoms with Crippen molar-refractivity contribution in [1.82, 2.24) is 0 Å². The topological polar surface area (TPSA) is 239 Å². The van der Waals surface area contributed by atoms with Crippen LogP contribution < -0.4 is 4.74 Å². The van der Waals surface area contributed by atoms with Gasteiger partial charge >= 0.3 is 41.8 Å². The third-order valence-corrected chi connectivity index (χ3v) is 5.70. The number of carbonyl (C=O) groups is 7. The number of aromatic carboxylic acids is 4. The summed E-state index contributed by atoms with van der Waals surface area (Å²) in [6.07, 6.45) is 0. The molecular formula is C31H20O14. The molecule has 0 radical (unpaired) electrons. The van der Waals surface area contributed by atoms with E-state index in [9.17, 15) is 38.7 Å². The predicted octanol–water partition coefficient (Wildman–Crippen LogP) is 4.09. The number of rotatable bonds is 8. The Morgan fingerprint density at radius 3 is 1.31 bits per heavy atom. The molecular weight excluding hydrogens is 596 g/mol.